The number of hydrogen-bond donors (Lipinski definition) is 3. The molecule has 0 unspecified atom stereocenters. The van der Waals surface area contributed by atoms with E-state index in [-0.39, 0.29) is 11.7 Å². The summed E-state index contributed by atoms with van der Waals surface area (Å²) in [6, 6.07) is 10.9. The van der Waals surface area contributed by atoms with Crippen molar-refractivity contribution in [1.29, 1.82) is 0 Å². The topological polar surface area (TPSA) is 118 Å². The molecule has 2 rings (SSSR count). The maximum absolute atomic E-state index is 12.3. The van der Waals surface area contributed by atoms with Crippen molar-refractivity contribution in [2.75, 3.05) is 15.8 Å². The first-order valence-electron chi connectivity index (χ1n) is 7.55. The molecule has 8 heteroatoms. The van der Waals surface area contributed by atoms with Gasteiger partial charge in [0.2, 0.25) is 15.9 Å². The average molecular weight is 361 g/mol. The van der Waals surface area contributed by atoms with Crippen molar-refractivity contribution in [3.63, 3.8) is 0 Å². The van der Waals surface area contributed by atoms with E-state index in [9.17, 15) is 18.0 Å². The van der Waals surface area contributed by atoms with E-state index in [0.29, 0.717) is 28.1 Å². The average Bonchev–Trinajstić information content (AvgIpc) is 2.56. The molecule has 0 radical (unpaired) electrons. The molecular formula is C17H19N3O4S. The van der Waals surface area contributed by atoms with Crippen LogP contribution in [0.15, 0.2) is 42.5 Å². The molecule has 0 saturated heterocycles. The fourth-order valence-corrected chi connectivity index (χ4v) is 2.81. The van der Waals surface area contributed by atoms with Crippen molar-refractivity contribution in [2.24, 2.45) is 5.73 Å². The van der Waals surface area contributed by atoms with Gasteiger partial charge in [-0.05, 0) is 55.8 Å². The third-order valence-corrected chi connectivity index (χ3v) is 4.95. The summed E-state index contributed by atoms with van der Waals surface area (Å²) in [5, 5.41) is 2.72. The molecule has 0 saturated carbocycles. The molecule has 2 amide bonds. The van der Waals surface area contributed by atoms with E-state index in [1.165, 1.54) is 31.2 Å². The van der Waals surface area contributed by atoms with Gasteiger partial charge in [0.05, 0.1) is 5.75 Å². The fraction of sp³-hybridized carbons (Fsp3) is 0.176. The van der Waals surface area contributed by atoms with Crippen LogP contribution in [0.1, 0.15) is 33.2 Å². The Morgan fingerprint density at radius 3 is 2.28 bits per heavy atom. The lowest BCUT2D eigenvalue weighted by molar-refractivity contribution is 0.0995. The molecule has 0 bridgehead atoms. The lowest BCUT2D eigenvalue weighted by Gasteiger charge is -2.11. The Morgan fingerprint density at radius 1 is 1.08 bits per heavy atom. The molecule has 0 atom stereocenters. The van der Waals surface area contributed by atoms with Crippen molar-refractivity contribution < 1.29 is 18.0 Å². The molecule has 4 N–H and O–H groups in total. The first kappa shape index (κ1) is 18.5. The Hall–Kier alpha value is -2.87. The van der Waals surface area contributed by atoms with Gasteiger partial charge in [0.1, 0.15) is 0 Å². The van der Waals surface area contributed by atoms with Crippen molar-refractivity contribution in [3.05, 3.63) is 59.2 Å². The van der Waals surface area contributed by atoms with Gasteiger partial charge in [0.25, 0.3) is 5.91 Å². The molecule has 132 valence electrons. The van der Waals surface area contributed by atoms with Gasteiger partial charge in [0, 0.05) is 22.5 Å². The lowest BCUT2D eigenvalue weighted by Crippen LogP contribution is -2.17. The van der Waals surface area contributed by atoms with Crippen LogP contribution in [0.2, 0.25) is 0 Å². The maximum atomic E-state index is 12.3. The minimum absolute atomic E-state index is 0.0370. The smallest absolute Gasteiger partial charge is 0.255 e. The van der Waals surface area contributed by atoms with Gasteiger partial charge in [-0.1, -0.05) is 6.07 Å². The molecular weight excluding hydrogens is 342 g/mol. The second-order valence-corrected chi connectivity index (χ2v) is 7.39. The number of hydrogen-bond acceptors (Lipinski definition) is 4. The summed E-state index contributed by atoms with van der Waals surface area (Å²) < 4.78 is 25.5. The highest BCUT2D eigenvalue weighted by Crippen LogP contribution is 2.20. The largest absolute Gasteiger partial charge is 0.366 e. The highest BCUT2D eigenvalue weighted by Gasteiger charge is 2.13. The van der Waals surface area contributed by atoms with Crippen LogP contribution in [0, 0.1) is 6.92 Å². The van der Waals surface area contributed by atoms with Crippen LogP contribution >= 0.6 is 0 Å². The van der Waals surface area contributed by atoms with Crippen LogP contribution in [-0.4, -0.2) is 26.0 Å². The highest BCUT2D eigenvalue weighted by molar-refractivity contribution is 7.92. The van der Waals surface area contributed by atoms with Crippen LogP contribution in [0.4, 0.5) is 11.4 Å². The molecule has 0 aliphatic carbocycles. The predicted molar refractivity (Wildman–Crippen MR) is 97.2 cm³/mol. The Bertz CT molecular complexity index is 906. The summed E-state index contributed by atoms with van der Waals surface area (Å²) in [6.45, 7) is 3.23. The summed E-state index contributed by atoms with van der Waals surface area (Å²) in [6.07, 6.45) is 0. The zero-order chi connectivity index (χ0) is 18.6. The number of carbonyl (C=O) groups excluding carboxylic acids is 2. The number of rotatable bonds is 6. The van der Waals surface area contributed by atoms with Crippen LogP contribution in [0.3, 0.4) is 0 Å². The Kier molecular flexibility index (Phi) is 5.43. The molecule has 0 spiro atoms. The SMILES string of the molecule is CCS(=O)(=O)Nc1ccc(C(=O)Nc2cccc(C(N)=O)c2C)cc1. The van der Waals surface area contributed by atoms with Crippen LogP contribution in [0.25, 0.3) is 0 Å². The zero-order valence-electron chi connectivity index (χ0n) is 13.9. The van der Waals surface area contributed by atoms with E-state index in [1.54, 1.807) is 25.1 Å². The Morgan fingerprint density at radius 2 is 1.72 bits per heavy atom. The number of carbonyl (C=O) groups is 2. The van der Waals surface area contributed by atoms with E-state index in [4.69, 9.17) is 5.73 Å². The van der Waals surface area contributed by atoms with E-state index in [2.05, 4.69) is 10.0 Å². The van der Waals surface area contributed by atoms with Crippen LogP contribution in [-0.2, 0) is 10.0 Å². The predicted octanol–water partition coefficient (Wildman–Crippen LogP) is 2.11. The maximum Gasteiger partial charge on any atom is 0.255 e. The zero-order valence-corrected chi connectivity index (χ0v) is 14.7. The monoisotopic (exact) mass is 361 g/mol. The third-order valence-electron chi connectivity index (χ3n) is 3.65. The molecule has 2 aromatic rings. The minimum Gasteiger partial charge on any atom is -0.366 e. The molecule has 7 nitrogen and oxygen atoms in total. The van der Waals surface area contributed by atoms with Gasteiger partial charge in [-0.15, -0.1) is 0 Å². The quantitative estimate of drug-likeness (QED) is 0.730. The molecule has 25 heavy (non-hydrogen) atoms. The molecule has 0 aromatic heterocycles. The number of nitrogens with one attached hydrogen (secondary N) is 2. The molecule has 2 aromatic carbocycles. The number of primary amides is 1. The molecule has 0 aliphatic heterocycles. The second kappa shape index (κ2) is 7.35. The first-order chi connectivity index (χ1) is 11.7. The van der Waals surface area contributed by atoms with Gasteiger partial charge >= 0.3 is 0 Å². The summed E-state index contributed by atoms with van der Waals surface area (Å²) in [5.74, 6) is -0.985. The number of anilines is 2. The standard InChI is InChI=1S/C17H19N3O4S/c1-3-25(23,24)20-13-9-7-12(8-10-13)17(22)19-15-6-4-5-14(11(15)2)16(18)21/h4-10,20H,3H2,1-2H3,(H2,18,21)(H,19,22). The van der Waals surface area contributed by atoms with Crippen molar-refractivity contribution in [3.8, 4) is 0 Å². The van der Waals surface area contributed by atoms with Gasteiger partial charge in [0.15, 0.2) is 0 Å². The summed E-state index contributed by atoms with van der Waals surface area (Å²) in [7, 11) is -3.37. The minimum atomic E-state index is -3.37. The van der Waals surface area contributed by atoms with Gasteiger partial charge in [-0.25, -0.2) is 8.42 Å². The molecule has 0 heterocycles. The van der Waals surface area contributed by atoms with E-state index in [1.807, 2.05) is 0 Å². The summed E-state index contributed by atoms with van der Waals surface area (Å²) in [4.78, 5) is 23.7. The van der Waals surface area contributed by atoms with Crippen LogP contribution in [0.5, 0.6) is 0 Å². The highest BCUT2D eigenvalue weighted by atomic mass is 32.2. The third kappa shape index (κ3) is 4.57. The van der Waals surface area contributed by atoms with Gasteiger partial charge in [-0.2, -0.15) is 0 Å². The fourth-order valence-electron chi connectivity index (χ4n) is 2.17. The number of benzene rings is 2. The Balaban J connectivity index is 2.17. The van der Waals surface area contributed by atoms with E-state index < -0.39 is 15.9 Å². The normalized spacial score (nSPS) is 11.0. The Labute approximate surface area is 146 Å². The number of amides is 2. The summed E-state index contributed by atoms with van der Waals surface area (Å²) >= 11 is 0. The van der Waals surface area contributed by atoms with Crippen LogP contribution < -0.4 is 15.8 Å². The number of nitrogens with two attached hydrogens (primary N) is 1. The molecule has 0 aliphatic rings. The molecule has 0 fully saturated rings. The first-order valence-corrected chi connectivity index (χ1v) is 9.20. The van der Waals surface area contributed by atoms with Crippen molar-refractivity contribution >= 4 is 33.2 Å². The van der Waals surface area contributed by atoms with Gasteiger partial charge in [-0.3, -0.25) is 14.3 Å². The van der Waals surface area contributed by atoms with Crippen molar-refractivity contribution in [1.82, 2.24) is 0 Å². The van der Waals surface area contributed by atoms with E-state index in [0.717, 1.165) is 0 Å². The van der Waals surface area contributed by atoms with E-state index >= 15 is 0 Å². The lowest BCUT2D eigenvalue weighted by atomic mass is 10.1. The van der Waals surface area contributed by atoms with Gasteiger partial charge < -0.3 is 11.1 Å². The number of sulfonamides is 1. The second-order valence-electron chi connectivity index (χ2n) is 5.38. The van der Waals surface area contributed by atoms with Crippen molar-refractivity contribution in [2.45, 2.75) is 13.8 Å². The summed E-state index contributed by atoms with van der Waals surface area (Å²) in [5.41, 5.74) is 7.42.